The fourth-order valence-electron chi connectivity index (χ4n) is 2.05. The maximum Gasteiger partial charge on any atom is 0.145 e. The van der Waals surface area contributed by atoms with Gasteiger partial charge in [-0.15, -0.1) is 0 Å². The van der Waals surface area contributed by atoms with Crippen LogP contribution >= 0.6 is 0 Å². The topological polar surface area (TPSA) is 88.8 Å². The van der Waals surface area contributed by atoms with Crippen LogP contribution in [0.4, 0.5) is 17.3 Å². The first kappa shape index (κ1) is 12.3. The average molecular weight is 266 g/mol. The third kappa shape index (κ3) is 2.36. The van der Waals surface area contributed by atoms with E-state index in [0.29, 0.717) is 17.5 Å². The minimum Gasteiger partial charge on any atom is -0.338 e. The number of para-hydroxylation sites is 1. The normalized spacial score (nSPS) is 10.5. The molecule has 0 spiro atoms. The molecule has 2 aromatic heterocycles. The van der Waals surface area contributed by atoms with Crippen LogP contribution in [0.25, 0.3) is 10.9 Å². The lowest BCUT2D eigenvalue weighted by Crippen LogP contribution is -2.10. The number of pyridine rings is 1. The van der Waals surface area contributed by atoms with Crippen molar-refractivity contribution in [3.8, 4) is 0 Å². The molecule has 3 aromatic rings. The fourth-order valence-corrected chi connectivity index (χ4v) is 2.05. The molecule has 20 heavy (non-hydrogen) atoms. The van der Waals surface area contributed by atoms with Crippen molar-refractivity contribution in [2.75, 3.05) is 10.7 Å². The van der Waals surface area contributed by atoms with Gasteiger partial charge in [0.2, 0.25) is 0 Å². The zero-order valence-corrected chi connectivity index (χ0v) is 11.0. The molecule has 4 N–H and O–H groups in total. The van der Waals surface area contributed by atoms with Gasteiger partial charge in [0.1, 0.15) is 17.5 Å². The second kappa shape index (κ2) is 5.10. The Morgan fingerprint density at radius 1 is 1.05 bits per heavy atom. The smallest absolute Gasteiger partial charge is 0.145 e. The molecular formula is C14H14N6. The molecule has 2 heterocycles. The first-order valence-corrected chi connectivity index (χ1v) is 6.19. The molecule has 3 rings (SSSR count). The van der Waals surface area contributed by atoms with Crippen molar-refractivity contribution in [2.24, 2.45) is 5.84 Å². The number of hydrazine groups is 1. The van der Waals surface area contributed by atoms with E-state index in [-0.39, 0.29) is 0 Å². The van der Waals surface area contributed by atoms with Crippen LogP contribution in [-0.4, -0.2) is 15.0 Å². The Kier molecular flexibility index (Phi) is 3.14. The SMILES string of the molecule is Cc1nc(NN)cc(Nc2cccc3cccnc23)n1. The van der Waals surface area contributed by atoms with E-state index in [1.807, 2.05) is 37.3 Å². The van der Waals surface area contributed by atoms with Crippen molar-refractivity contribution in [3.63, 3.8) is 0 Å². The van der Waals surface area contributed by atoms with Crippen LogP contribution in [0.2, 0.25) is 0 Å². The summed E-state index contributed by atoms with van der Waals surface area (Å²) in [4.78, 5) is 12.9. The van der Waals surface area contributed by atoms with Crippen LogP contribution < -0.4 is 16.6 Å². The van der Waals surface area contributed by atoms with Gasteiger partial charge in [0.15, 0.2) is 0 Å². The van der Waals surface area contributed by atoms with Gasteiger partial charge < -0.3 is 10.7 Å². The van der Waals surface area contributed by atoms with E-state index in [1.165, 1.54) is 0 Å². The number of nitrogens with zero attached hydrogens (tertiary/aromatic N) is 3. The summed E-state index contributed by atoms with van der Waals surface area (Å²) in [6.07, 6.45) is 1.77. The van der Waals surface area contributed by atoms with Gasteiger partial charge in [-0.2, -0.15) is 0 Å². The second-order valence-electron chi connectivity index (χ2n) is 4.34. The van der Waals surface area contributed by atoms with Gasteiger partial charge in [0.25, 0.3) is 0 Å². The van der Waals surface area contributed by atoms with Crippen molar-refractivity contribution in [1.29, 1.82) is 0 Å². The van der Waals surface area contributed by atoms with Crippen molar-refractivity contribution in [3.05, 3.63) is 48.4 Å². The molecule has 0 saturated heterocycles. The number of nitrogens with two attached hydrogens (primary N) is 1. The number of aryl methyl sites for hydroxylation is 1. The molecule has 0 aliphatic rings. The molecule has 0 aliphatic heterocycles. The molecule has 0 unspecified atom stereocenters. The van der Waals surface area contributed by atoms with Crippen LogP contribution in [-0.2, 0) is 0 Å². The van der Waals surface area contributed by atoms with E-state index in [4.69, 9.17) is 5.84 Å². The molecule has 1 aromatic carbocycles. The third-order valence-electron chi connectivity index (χ3n) is 2.88. The Balaban J connectivity index is 2.03. The molecule has 0 amide bonds. The minimum absolute atomic E-state index is 0.563. The number of anilines is 3. The lowest BCUT2D eigenvalue weighted by Gasteiger charge is -2.10. The minimum atomic E-state index is 0.563. The highest BCUT2D eigenvalue weighted by Crippen LogP contribution is 2.24. The Morgan fingerprint density at radius 2 is 1.85 bits per heavy atom. The quantitative estimate of drug-likeness (QED) is 0.498. The summed E-state index contributed by atoms with van der Waals surface area (Å²) in [5, 5.41) is 4.32. The van der Waals surface area contributed by atoms with Gasteiger partial charge in [-0.1, -0.05) is 18.2 Å². The first-order chi connectivity index (χ1) is 9.76. The van der Waals surface area contributed by atoms with Crippen LogP contribution in [0.15, 0.2) is 42.6 Å². The van der Waals surface area contributed by atoms with Gasteiger partial charge in [0, 0.05) is 17.6 Å². The van der Waals surface area contributed by atoms with Gasteiger partial charge in [-0.25, -0.2) is 15.8 Å². The van der Waals surface area contributed by atoms with E-state index in [1.54, 1.807) is 12.3 Å². The zero-order chi connectivity index (χ0) is 13.9. The Bertz CT molecular complexity index is 750. The molecule has 0 bridgehead atoms. The van der Waals surface area contributed by atoms with Crippen molar-refractivity contribution >= 4 is 28.2 Å². The molecule has 0 fully saturated rings. The fraction of sp³-hybridized carbons (Fsp3) is 0.0714. The third-order valence-corrected chi connectivity index (χ3v) is 2.88. The molecule has 0 radical (unpaired) electrons. The van der Waals surface area contributed by atoms with E-state index in [9.17, 15) is 0 Å². The number of aromatic nitrogens is 3. The maximum atomic E-state index is 5.39. The highest BCUT2D eigenvalue weighted by atomic mass is 15.3. The van der Waals surface area contributed by atoms with E-state index >= 15 is 0 Å². The first-order valence-electron chi connectivity index (χ1n) is 6.19. The van der Waals surface area contributed by atoms with Gasteiger partial charge in [-0.05, 0) is 19.1 Å². The van der Waals surface area contributed by atoms with Crippen molar-refractivity contribution in [1.82, 2.24) is 15.0 Å². The number of hydrogen-bond acceptors (Lipinski definition) is 6. The summed E-state index contributed by atoms with van der Waals surface area (Å²) in [5.41, 5.74) is 4.31. The molecule has 6 nitrogen and oxygen atoms in total. The number of nitrogen functional groups attached to an aromatic ring is 1. The van der Waals surface area contributed by atoms with E-state index in [0.717, 1.165) is 16.6 Å². The van der Waals surface area contributed by atoms with Crippen LogP contribution in [0, 0.1) is 6.92 Å². The second-order valence-corrected chi connectivity index (χ2v) is 4.34. The summed E-state index contributed by atoms with van der Waals surface area (Å²) in [7, 11) is 0. The van der Waals surface area contributed by atoms with E-state index < -0.39 is 0 Å². The molecule has 100 valence electrons. The largest absolute Gasteiger partial charge is 0.338 e. The summed E-state index contributed by atoms with van der Waals surface area (Å²) in [5.74, 6) is 7.26. The zero-order valence-electron chi connectivity index (χ0n) is 11.0. The van der Waals surface area contributed by atoms with Crippen molar-refractivity contribution in [2.45, 2.75) is 6.92 Å². The van der Waals surface area contributed by atoms with Crippen LogP contribution in [0.3, 0.4) is 0 Å². The molecule has 0 saturated carbocycles. The number of nitrogens with one attached hydrogen (secondary N) is 2. The molecule has 0 atom stereocenters. The van der Waals surface area contributed by atoms with Crippen molar-refractivity contribution < 1.29 is 0 Å². The summed E-state index contributed by atoms with van der Waals surface area (Å²) >= 11 is 0. The van der Waals surface area contributed by atoms with Crippen LogP contribution in [0.5, 0.6) is 0 Å². The average Bonchev–Trinajstić information content (AvgIpc) is 2.47. The summed E-state index contributed by atoms with van der Waals surface area (Å²) in [6.45, 7) is 1.81. The predicted octanol–water partition coefficient (Wildman–Crippen LogP) is 2.36. The Labute approximate surface area is 116 Å². The monoisotopic (exact) mass is 266 g/mol. The molecular weight excluding hydrogens is 252 g/mol. The van der Waals surface area contributed by atoms with Crippen LogP contribution in [0.1, 0.15) is 5.82 Å². The Hall–Kier alpha value is -2.73. The van der Waals surface area contributed by atoms with Gasteiger partial charge >= 0.3 is 0 Å². The number of fused-ring (bicyclic) bond motifs is 1. The number of benzene rings is 1. The van der Waals surface area contributed by atoms with E-state index in [2.05, 4.69) is 25.7 Å². The summed E-state index contributed by atoms with van der Waals surface area (Å²) in [6, 6.07) is 11.6. The lowest BCUT2D eigenvalue weighted by molar-refractivity contribution is 1.05. The number of rotatable bonds is 3. The van der Waals surface area contributed by atoms with Gasteiger partial charge in [-0.3, -0.25) is 4.98 Å². The predicted molar refractivity (Wildman–Crippen MR) is 79.6 cm³/mol. The standard InChI is InChI=1S/C14H14N6/c1-9-17-12(8-13(18-9)20-15)19-11-6-2-4-10-5-3-7-16-14(10)11/h2-8H,15H2,1H3,(H2,17,18,19,20). The Morgan fingerprint density at radius 3 is 2.70 bits per heavy atom. The highest BCUT2D eigenvalue weighted by Gasteiger charge is 2.05. The lowest BCUT2D eigenvalue weighted by atomic mass is 10.2. The van der Waals surface area contributed by atoms with Gasteiger partial charge in [0.05, 0.1) is 11.2 Å². The molecule has 0 aliphatic carbocycles. The summed E-state index contributed by atoms with van der Waals surface area (Å²) < 4.78 is 0. The molecule has 6 heteroatoms. The number of hydrogen-bond donors (Lipinski definition) is 3. The maximum absolute atomic E-state index is 5.39. The highest BCUT2D eigenvalue weighted by molar-refractivity contribution is 5.91.